The molecule has 0 spiro atoms. The van der Waals surface area contributed by atoms with Crippen LogP contribution in [0.1, 0.15) is 28.8 Å². The second-order valence-corrected chi connectivity index (χ2v) is 4.71. The van der Waals surface area contributed by atoms with Crippen molar-refractivity contribution in [3.05, 3.63) is 35.1 Å². The van der Waals surface area contributed by atoms with Crippen molar-refractivity contribution in [2.45, 2.75) is 18.9 Å². The molecule has 1 unspecified atom stereocenters. The quantitative estimate of drug-likeness (QED) is 0.692. The Morgan fingerprint density at radius 2 is 2.33 bits per heavy atom. The van der Waals surface area contributed by atoms with Gasteiger partial charge in [-0.25, -0.2) is 4.39 Å². The maximum absolute atomic E-state index is 13.7. The van der Waals surface area contributed by atoms with Gasteiger partial charge in [0.15, 0.2) is 0 Å². The molecule has 4 N–H and O–H groups in total. The van der Waals surface area contributed by atoms with E-state index in [9.17, 15) is 14.0 Å². The van der Waals surface area contributed by atoms with E-state index in [1.165, 1.54) is 18.2 Å². The Morgan fingerprint density at radius 1 is 1.52 bits per heavy atom. The first kappa shape index (κ1) is 15.0. The molecule has 0 radical (unpaired) electrons. The summed E-state index contributed by atoms with van der Waals surface area (Å²) in [6.45, 7) is 0.475. The largest absolute Gasteiger partial charge is 0.352 e. The number of hydrogen-bond donors (Lipinski definition) is 3. The van der Waals surface area contributed by atoms with Crippen LogP contribution in [0.25, 0.3) is 0 Å². The van der Waals surface area contributed by atoms with Crippen LogP contribution in [0.15, 0.2) is 18.2 Å². The van der Waals surface area contributed by atoms with Crippen LogP contribution < -0.4 is 16.4 Å². The highest BCUT2D eigenvalue weighted by Gasteiger charge is 2.21. The zero-order valence-electron chi connectivity index (χ0n) is 11.4. The summed E-state index contributed by atoms with van der Waals surface area (Å²) < 4.78 is 13.7. The van der Waals surface area contributed by atoms with Crippen LogP contribution in [-0.4, -0.2) is 30.9 Å². The summed E-state index contributed by atoms with van der Waals surface area (Å²) in [5, 5.41) is 5.35. The second-order valence-electron chi connectivity index (χ2n) is 4.71. The van der Waals surface area contributed by atoms with E-state index in [2.05, 4.69) is 22.5 Å². The zero-order chi connectivity index (χ0) is 15.2. The molecule has 1 aromatic rings. The molecule has 0 aromatic heterocycles. The van der Waals surface area contributed by atoms with Crippen molar-refractivity contribution >= 4 is 11.8 Å². The van der Waals surface area contributed by atoms with Crippen molar-refractivity contribution in [2.24, 2.45) is 5.73 Å². The van der Waals surface area contributed by atoms with E-state index >= 15 is 0 Å². The smallest absolute Gasteiger partial charge is 0.254 e. The molecule has 21 heavy (non-hydrogen) atoms. The predicted molar refractivity (Wildman–Crippen MR) is 75.8 cm³/mol. The molecule has 5 nitrogen and oxygen atoms in total. The number of carbonyl (C=O) groups is 2. The topological polar surface area (TPSA) is 84.2 Å². The number of halogens is 1. The van der Waals surface area contributed by atoms with E-state index in [1.807, 2.05) is 0 Å². The van der Waals surface area contributed by atoms with E-state index in [4.69, 9.17) is 5.73 Å². The molecular weight excluding hydrogens is 273 g/mol. The molecule has 2 amide bonds. The SMILES string of the molecule is NCC#Cc1ccc(F)c(C(=O)NCC2CCC(=O)N2)c1. The Labute approximate surface area is 122 Å². The molecule has 1 aromatic carbocycles. The van der Waals surface area contributed by atoms with Gasteiger partial charge in [0, 0.05) is 24.6 Å². The van der Waals surface area contributed by atoms with E-state index < -0.39 is 11.7 Å². The standard InChI is InChI=1S/C15H16FN3O2/c16-13-5-3-10(2-1-7-17)8-12(13)15(21)18-9-11-4-6-14(20)19-11/h3,5,8,11H,4,6-7,9,17H2,(H,18,21)(H,19,20). The monoisotopic (exact) mass is 289 g/mol. The highest BCUT2D eigenvalue weighted by molar-refractivity contribution is 5.95. The number of amides is 2. The first-order valence-electron chi connectivity index (χ1n) is 6.66. The molecule has 1 atom stereocenters. The van der Waals surface area contributed by atoms with Crippen LogP contribution >= 0.6 is 0 Å². The fourth-order valence-electron chi connectivity index (χ4n) is 2.07. The molecule has 0 bridgehead atoms. The lowest BCUT2D eigenvalue weighted by Crippen LogP contribution is -2.38. The minimum atomic E-state index is -0.610. The van der Waals surface area contributed by atoms with Gasteiger partial charge in [-0.3, -0.25) is 9.59 Å². The molecule has 2 rings (SSSR count). The Bertz CT molecular complexity index is 619. The van der Waals surface area contributed by atoms with Crippen molar-refractivity contribution in [1.29, 1.82) is 0 Å². The van der Waals surface area contributed by atoms with Crippen molar-refractivity contribution < 1.29 is 14.0 Å². The van der Waals surface area contributed by atoms with Crippen LogP contribution in [0.2, 0.25) is 0 Å². The van der Waals surface area contributed by atoms with E-state index in [0.717, 1.165) is 0 Å². The number of benzene rings is 1. The summed E-state index contributed by atoms with van der Waals surface area (Å²) in [6.07, 6.45) is 1.13. The van der Waals surface area contributed by atoms with Gasteiger partial charge in [0.05, 0.1) is 12.1 Å². The van der Waals surface area contributed by atoms with Crippen LogP contribution in [-0.2, 0) is 4.79 Å². The van der Waals surface area contributed by atoms with Crippen LogP contribution in [0, 0.1) is 17.7 Å². The van der Waals surface area contributed by atoms with Crippen molar-refractivity contribution in [3.8, 4) is 11.8 Å². The predicted octanol–water partition coefficient (Wildman–Crippen LogP) is 0.144. The summed E-state index contributed by atoms with van der Waals surface area (Å²) in [7, 11) is 0. The number of nitrogens with two attached hydrogens (primary N) is 1. The summed E-state index contributed by atoms with van der Waals surface area (Å²) in [6, 6.07) is 3.99. The Kier molecular flexibility index (Phi) is 4.90. The molecule has 1 fully saturated rings. The van der Waals surface area contributed by atoms with Crippen molar-refractivity contribution in [3.63, 3.8) is 0 Å². The zero-order valence-corrected chi connectivity index (χ0v) is 11.4. The van der Waals surface area contributed by atoms with Gasteiger partial charge in [-0.1, -0.05) is 11.8 Å². The van der Waals surface area contributed by atoms with Crippen LogP contribution in [0.4, 0.5) is 4.39 Å². The van der Waals surface area contributed by atoms with Crippen molar-refractivity contribution in [1.82, 2.24) is 10.6 Å². The molecule has 0 aliphatic carbocycles. The van der Waals surface area contributed by atoms with E-state index in [1.54, 1.807) is 0 Å². The average molecular weight is 289 g/mol. The van der Waals surface area contributed by atoms with E-state index in [0.29, 0.717) is 18.4 Å². The fraction of sp³-hybridized carbons (Fsp3) is 0.333. The minimum absolute atomic E-state index is 0.0283. The van der Waals surface area contributed by atoms with Gasteiger partial charge in [-0.05, 0) is 24.6 Å². The lowest BCUT2D eigenvalue weighted by molar-refractivity contribution is -0.119. The third-order valence-corrected chi connectivity index (χ3v) is 3.14. The third-order valence-electron chi connectivity index (χ3n) is 3.14. The normalized spacial score (nSPS) is 16.9. The maximum Gasteiger partial charge on any atom is 0.254 e. The molecule has 1 saturated heterocycles. The lowest BCUT2D eigenvalue weighted by atomic mass is 10.1. The van der Waals surface area contributed by atoms with Crippen LogP contribution in [0.3, 0.4) is 0 Å². The van der Waals surface area contributed by atoms with Crippen molar-refractivity contribution in [2.75, 3.05) is 13.1 Å². The molecule has 1 heterocycles. The molecule has 1 aliphatic rings. The minimum Gasteiger partial charge on any atom is -0.352 e. The van der Waals surface area contributed by atoms with E-state index in [-0.39, 0.29) is 30.6 Å². The lowest BCUT2D eigenvalue weighted by Gasteiger charge is -2.11. The summed E-state index contributed by atoms with van der Waals surface area (Å²) in [4.78, 5) is 23.1. The fourth-order valence-corrected chi connectivity index (χ4v) is 2.07. The van der Waals surface area contributed by atoms with Gasteiger partial charge >= 0.3 is 0 Å². The van der Waals surface area contributed by atoms with Gasteiger partial charge in [0.2, 0.25) is 5.91 Å². The Balaban J connectivity index is 2.02. The first-order chi connectivity index (χ1) is 10.1. The third kappa shape index (κ3) is 4.04. The van der Waals surface area contributed by atoms with Crippen LogP contribution in [0.5, 0.6) is 0 Å². The molecule has 1 aliphatic heterocycles. The van der Waals surface area contributed by atoms with Gasteiger partial charge in [0.1, 0.15) is 5.82 Å². The highest BCUT2D eigenvalue weighted by atomic mass is 19.1. The Morgan fingerprint density at radius 3 is 3.00 bits per heavy atom. The Hall–Kier alpha value is -2.39. The maximum atomic E-state index is 13.7. The number of carbonyl (C=O) groups excluding carboxylic acids is 2. The van der Waals surface area contributed by atoms with Gasteiger partial charge in [-0.15, -0.1) is 0 Å². The molecule has 6 heteroatoms. The summed E-state index contributed by atoms with van der Waals surface area (Å²) in [5.74, 6) is 4.24. The summed E-state index contributed by atoms with van der Waals surface area (Å²) >= 11 is 0. The molecule has 110 valence electrons. The number of hydrogen-bond acceptors (Lipinski definition) is 3. The van der Waals surface area contributed by atoms with Gasteiger partial charge < -0.3 is 16.4 Å². The summed E-state index contributed by atoms with van der Waals surface area (Å²) in [5.41, 5.74) is 5.73. The molecular formula is C15H16FN3O2. The number of rotatable bonds is 3. The van der Waals surface area contributed by atoms with Gasteiger partial charge in [-0.2, -0.15) is 0 Å². The second kappa shape index (κ2) is 6.86. The highest BCUT2D eigenvalue weighted by Crippen LogP contribution is 2.11. The molecule has 0 saturated carbocycles. The first-order valence-corrected chi connectivity index (χ1v) is 6.66. The number of nitrogens with one attached hydrogen (secondary N) is 2. The van der Waals surface area contributed by atoms with Gasteiger partial charge in [0.25, 0.3) is 5.91 Å². The average Bonchev–Trinajstić information content (AvgIpc) is 2.89.